The molecule has 2 rings (SSSR count). The van der Waals surface area contributed by atoms with Gasteiger partial charge in [0.1, 0.15) is 0 Å². The molecule has 1 aliphatic rings. The third-order valence-electron chi connectivity index (χ3n) is 3.96. The highest BCUT2D eigenvalue weighted by molar-refractivity contribution is 6.30. The second-order valence-corrected chi connectivity index (χ2v) is 5.60. The number of hydrogen-bond acceptors (Lipinski definition) is 1. The second kappa shape index (κ2) is 6.42. The zero-order chi connectivity index (χ0) is 12.1. The quantitative estimate of drug-likeness (QED) is 0.824. The number of aliphatic hydroxyl groups is 1. The van der Waals surface area contributed by atoms with E-state index in [0.717, 1.165) is 17.4 Å². The predicted octanol–water partition coefficient (Wildman–Crippen LogP) is 4.39. The summed E-state index contributed by atoms with van der Waals surface area (Å²) in [6.07, 6.45) is 7.93. The van der Waals surface area contributed by atoms with Crippen LogP contribution < -0.4 is 0 Å². The predicted molar refractivity (Wildman–Crippen MR) is 72.5 cm³/mol. The van der Waals surface area contributed by atoms with Crippen LogP contribution in [0.5, 0.6) is 0 Å². The van der Waals surface area contributed by atoms with Gasteiger partial charge in [-0.3, -0.25) is 0 Å². The molecular weight excluding hydrogens is 232 g/mol. The molecule has 2 heteroatoms. The Kier molecular flexibility index (Phi) is 4.87. The summed E-state index contributed by atoms with van der Waals surface area (Å²) in [6, 6.07) is 7.90. The first-order valence-electron chi connectivity index (χ1n) is 6.66. The molecule has 1 fully saturated rings. The molecule has 0 bridgehead atoms. The van der Waals surface area contributed by atoms with E-state index < -0.39 is 0 Å². The largest absolute Gasteiger partial charge is 0.396 e. The molecule has 0 aliphatic heterocycles. The average molecular weight is 253 g/mol. The fraction of sp³-hybridized carbons (Fsp3) is 0.600. The van der Waals surface area contributed by atoms with Gasteiger partial charge in [-0.1, -0.05) is 49.4 Å². The maximum atomic E-state index is 9.49. The van der Waals surface area contributed by atoms with Crippen molar-refractivity contribution in [2.75, 3.05) is 6.61 Å². The first-order valence-corrected chi connectivity index (χ1v) is 7.03. The molecular formula is C15H21ClO. The third-order valence-corrected chi connectivity index (χ3v) is 4.21. The average Bonchev–Trinajstić information content (AvgIpc) is 2.85. The summed E-state index contributed by atoms with van der Waals surface area (Å²) >= 11 is 5.88. The maximum Gasteiger partial charge on any atom is 0.0499 e. The Balaban J connectivity index is 1.89. The fourth-order valence-electron chi connectivity index (χ4n) is 2.83. The van der Waals surface area contributed by atoms with Crippen molar-refractivity contribution in [3.63, 3.8) is 0 Å². The van der Waals surface area contributed by atoms with Crippen molar-refractivity contribution in [2.24, 2.45) is 5.92 Å². The van der Waals surface area contributed by atoms with Crippen LogP contribution in [0, 0.1) is 5.92 Å². The van der Waals surface area contributed by atoms with Gasteiger partial charge in [0.15, 0.2) is 0 Å². The van der Waals surface area contributed by atoms with E-state index >= 15 is 0 Å². The van der Waals surface area contributed by atoms with Crippen LogP contribution in [0.4, 0.5) is 0 Å². The molecule has 1 N–H and O–H groups in total. The summed E-state index contributed by atoms with van der Waals surface area (Å²) in [4.78, 5) is 0. The van der Waals surface area contributed by atoms with Crippen molar-refractivity contribution in [2.45, 2.75) is 44.4 Å². The molecule has 1 saturated carbocycles. The molecule has 1 aliphatic carbocycles. The minimum Gasteiger partial charge on any atom is -0.396 e. The highest BCUT2D eigenvalue weighted by Gasteiger charge is 2.18. The molecule has 0 heterocycles. The van der Waals surface area contributed by atoms with E-state index in [2.05, 4.69) is 0 Å². The zero-order valence-electron chi connectivity index (χ0n) is 10.2. The minimum absolute atomic E-state index is 0.244. The van der Waals surface area contributed by atoms with Gasteiger partial charge in [-0.25, -0.2) is 0 Å². The highest BCUT2D eigenvalue weighted by Crippen LogP contribution is 2.32. The monoisotopic (exact) mass is 252 g/mol. The molecule has 0 spiro atoms. The van der Waals surface area contributed by atoms with Gasteiger partial charge in [-0.15, -0.1) is 0 Å². The molecule has 17 heavy (non-hydrogen) atoms. The van der Waals surface area contributed by atoms with E-state index in [1.165, 1.54) is 37.7 Å². The lowest BCUT2D eigenvalue weighted by Gasteiger charge is -2.17. The summed E-state index contributed by atoms with van der Waals surface area (Å²) in [5.41, 5.74) is 1.22. The minimum atomic E-state index is 0.244. The Hall–Kier alpha value is -0.530. The normalized spacial score (nSPS) is 18.5. The van der Waals surface area contributed by atoms with Crippen molar-refractivity contribution < 1.29 is 5.11 Å². The summed E-state index contributed by atoms with van der Waals surface area (Å²) in [5.74, 6) is 1.18. The van der Waals surface area contributed by atoms with E-state index in [0.29, 0.717) is 0 Å². The smallest absolute Gasteiger partial charge is 0.0499 e. The lowest BCUT2D eigenvalue weighted by Crippen LogP contribution is -2.06. The van der Waals surface area contributed by atoms with Crippen LogP contribution >= 0.6 is 11.6 Å². The summed E-state index contributed by atoms with van der Waals surface area (Å²) in [7, 11) is 0. The van der Waals surface area contributed by atoms with Crippen molar-refractivity contribution in [1.82, 2.24) is 0 Å². The first kappa shape index (κ1) is 12.9. The lowest BCUT2D eigenvalue weighted by molar-refractivity contribution is 0.251. The van der Waals surface area contributed by atoms with E-state index in [4.69, 9.17) is 11.6 Å². The van der Waals surface area contributed by atoms with E-state index in [1.54, 1.807) is 0 Å². The molecule has 94 valence electrons. The summed E-state index contributed by atoms with van der Waals surface area (Å²) in [6.45, 7) is 0.244. The van der Waals surface area contributed by atoms with E-state index in [-0.39, 0.29) is 12.5 Å². The molecule has 1 aromatic rings. The van der Waals surface area contributed by atoms with E-state index in [1.807, 2.05) is 24.3 Å². The topological polar surface area (TPSA) is 20.2 Å². The number of rotatable bonds is 5. The molecule has 0 saturated heterocycles. The van der Waals surface area contributed by atoms with Gasteiger partial charge in [0, 0.05) is 17.5 Å². The van der Waals surface area contributed by atoms with Crippen LogP contribution in [0.15, 0.2) is 24.3 Å². The third kappa shape index (κ3) is 3.72. The van der Waals surface area contributed by atoms with Crippen LogP contribution in [0.25, 0.3) is 0 Å². The second-order valence-electron chi connectivity index (χ2n) is 5.16. The molecule has 1 nitrogen and oxygen atoms in total. The maximum absolute atomic E-state index is 9.49. The van der Waals surface area contributed by atoms with Gasteiger partial charge in [0.2, 0.25) is 0 Å². The highest BCUT2D eigenvalue weighted by atomic mass is 35.5. The molecule has 1 unspecified atom stereocenters. The number of benzene rings is 1. The van der Waals surface area contributed by atoms with Crippen molar-refractivity contribution in [1.29, 1.82) is 0 Å². The Morgan fingerprint density at radius 3 is 2.41 bits per heavy atom. The SMILES string of the molecule is OCC(CCC1CCCC1)c1ccc(Cl)cc1. The molecule has 0 amide bonds. The zero-order valence-corrected chi connectivity index (χ0v) is 11.0. The van der Waals surface area contributed by atoms with Crippen molar-refractivity contribution in [3.8, 4) is 0 Å². The standard InChI is InChI=1S/C15H21ClO/c16-15-9-7-13(8-10-15)14(11-17)6-5-12-3-1-2-4-12/h7-10,12,14,17H,1-6,11H2. The van der Waals surface area contributed by atoms with Gasteiger partial charge in [0.05, 0.1) is 0 Å². The lowest BCUT2D eigenvalue weighted by atomic mass is 9.90. The first-order chi connectivity index (χ1) is 8.29. The van der Waals surface area contributed by atoms with E-state index in [9.17, 15) is 5.11 Å². The van der Waals surface area contributed by atoms with Crippen LogP contribution in [0.3, 0.4) is 0 Å². The number of hydrogen-bond donors (Lipinski definition) is 1. The number of aliphatic hydroxyl groups excluding tert-OH is 1. The van der Waals surface area contributed by atoms with Crippen molar-refractivity contribution in [3.05, 3.63) is 34.9 Å². The van der Waals surface area contributed by atoms with Crippen LogP contribution in [-0.4, -0.2) is 11.7 Å². The van der Waals surface area contributed by atoms with Gasteiger partial charge < -0.3 is 5.11 Å². The summed E-state index contributed by atoms with van der Waals surface area (Å²) < 4.78 is 0. The Morgan fingerprint density at radius 1 is 1.18 bits per heavy atom. The fourth-order valence-corrected chi connectivity index (χ4v) is 2.96. The Morgan fingerprint density at radius 2 is 1.82 bits per heavy atom. The van der Waals surface area contributed by atoms with Gasteiger partial charge in [-0.05, 0) is 36.5 Å². The molecule has 1 atom stereocenters. The molecule has 0 radical (unpaired) electrons. The number of halogens is 1. The van der Waals surface area contributed by atoms with Crippen LogP contribution in [0.2, 0.25) is 5.02 Å². The Labute approximate surface area is 109 Å². The van der Waals surface area contributed by atoms with Gasteiger partial charge in [0.25, 0.3) is 0 Å². The van der Waals surface area contributed by atoms with Crippen LogP contribution in [-0.2, 0) is 0 Å². The molecule has 0 aromatic heterocycles. The van der Waals surface area contributed by atoms with Gasteiger partial charge in [-0.2, -0.15) is 0 Å². The molecule has 1 aromatic carbocycles. The van der Waals surface area contributed by atoms with Crippen LogP contribution in [0.1, 0.15) is 50.0 Å². The van der Waals surface area contributed by atoms with Gasteiger partial charge >= 0.3 is 0 Å². The summed E-state index contributed by atoms with van der Waals surface area (Å²) in [5, 5.41) is 10.3. The van der Waals surface area contributed by atoms with Crippen molar-refractivity contribution >= 4 is 11.6 Å². The Bertz CT molecular complexity index is 327.